The summed E-state index contributed by atoms with van der Waals surface area (Å²) >= 11 is 3.15. The van der Waals surface area contributed by atoms with Gasteiger partial charge in [0.15, 0.2) is 0 Å². The molecule has 0 atom stereocenters. The molecule has 0 unspecified atom stereocenters. The first-order valence-corrected chi connectivity index (χ1v) is 3.97. The van der Waals surface area contributed by atoms with Crippen LogP contribution in [0.15, 0.2) is 22.3 Å². The lowest BCUT2D eigenvalue weighted by molar-refractivity contribution is 0.0108. The predicted octanol–water partition coefficient (Wildman–Crippen LogP) is 2.71. The van der Waals surface area contributed by atoms with Crippen molar-refractivity contribution in [1.29, 1.82) is 0 Å². The van der Waals surface area contributed by atoms with Gasteiger partial charge in [-0.3, -0.25) is 0 Å². The van der Waals surface area contributed by atoms with Crippen molar-refractivity contribution in [3.05, 3.63) is 22.3 Å². The highest BCUT2D eigenvalue weighted by atomic mass is 79.9. The lowest BCUT2D eigenvalue weighted by Crippen LogP contribution is -2.27. The monoisotopic (exact) mass is 223 g/mol. The summed E-state index contributed by atoms with van der Waals surface area (Å²) in [5.74, 6) is 0. The molecule has 0 radical (unpaired) electrons. The van der Waals surface area contributed by atoms with E-state index >= 15 is 0 Å². The van der Waals surface area contributed by atoms with E-state index in [9.17, 15) is 8.78 Å². The molecule has 0 aromatic carbocycles. The molecule has 0 fully saturated rings. The van der Waals surface area contributed by atoms with Crippen molar-refractivity contribution in [2.45, 2.75) is 13.5 Å². The molecule has 1 heterocycles. The molecule has 0 aromatic rings. The van der Waals surface area contributed by atoms with Gasteiger partial charge in [-0.2, -0.15) is 8.78 Å². The Morgan fingerprint density at radius 1 is 1.64 bits per heavy atom. The predicted molar refractivity (Wildman–Crippen MR) is 43.5 cm³/mol. The average molecular weight is 224 g/mol. The lowest BCUT2D eigenvalue weighted by Gasteiger charge is -2.23. The van der Waals surface area contributed by atoms with Crippen LogP contribution in [0.4, 0.5) is 8.78 Å². The summed E-state index contributed by atoms with van der Waals surface area (Å²) in [4.78, 5) is 0.986. The maximum atomic E-state index is 12.1. The molecule has 0 aliphatic carbocycles. The van der Waals surface area contributed by atoms with Crippen molar-refractivity contribution in [1.82, 2.24) is 4.90 Å². The van der Waals surface area contributed by atoms with E-state index < -0.39 is 6.55 Å². The van der Waals surface area contributed by atoms with Gasteiger partial charge in [0.25, 0.3) is 0 Å². The highest BCUT2D eigenvalue weighted by molar-refractivity contribution is 9.11. The van der Waals surface area contributed by atoms with E-state index in [1.54, 1.807) is 0 Å². The molecule has 1 aliphatic heterocycles. The van der Waals surface area contributed by atoms with E-state index in [2.05, 4.69) is 15.9 Å². The summed E-state index contributed by atoms with van der Waals surface area (Å²) in [5.41, 5.74) is 0.930. The number of hydrogen-bond donors (Lipinski definition) is 0. The van der Waals surface area contributed by atoms with Gasteiger partial charge in [-0.1, -0.05) is 5.57 Å². The number of allylic oxidation sites excluding steroid dienone is 2. The quantitative estimate of drug-likeness (QED) is 0.619. The standard InChI is InChI=1S/C7H8BrF2N/c1-5-2-6(8)4-11(3-5)7(9)10/h2,4,7H,3H2,1H3. The second-order valence-corrected chi connectivity index (χ2v) is 3.37. The molecule has 1 rings (SSSR count). The lowest BCUT2D eigenvalue weighted by atomic mass is 10.2. The highest BCUT2D eigenvalue weighted by Crippen LogP contribution is 2.20. The van der Waals surface area contributed by atoms with Gasteiger partial charge in [-0.15, -0.1) is 0 Å². The molecule has 0 saturated carbocycles. The fraction of sp³-hybridized carbons (Fsp3) is 0.429. The summed E-state index contributed by atoms with van der Waals surface area (Å²) in [5, 5.41) is 0. The average Bonchev–Trinajstić information content (AvgIpc) is 1.85. The van der Waals surface area contributed by atoms with Crippen LogP contribution in [-0.4, -0.2) is 18.0 Å². The molecule has 0 amide bonds. The summed E-state index contributed by atoms with van der Waals surface area (Å²) < 4.78 is 24.9. The molecule has 1 nitrogen and oxygen atoms in total. The van der Waals surface area contributed by atoms with Gasteiger partial charge in [0.1, 0.15) is 0 Å². The number of halogens is 3. The summed E-state index contributed by atoms with van der Waals surface area (Å²) in [6.45, 7) is -0.276. The smallest absolute Gasteiger partial charge is 0.315 e. The van der Waals surface area contributed by atoms with Crippen molar-refractivity contribution in [3.63, 3.8) is 0 Å². The second kappa shape index (κ2) is 3.34. The normalized spacial score (nSPS) is 18.5. The first kappa shape index (κ1) is 8.71. The fourth-order valence-corrected chi connectivity index (χ4v) is 1.59. The Morgan fingerprint density at radius 3 is 2.73 bits per heavy atom. The van der Waals surface area contributed by atoms with Crippen LogP contribution in [0, 0.1) is 0 Å². The molecular weight excluding hydrogens is 216 g/mol. The number of hydrogen-bond acceptors (Lipinski definition) is 1. The van der Waals surface area contributed by atoms with Gasteiger partial charge in [0.05, 0.1) is 0 Å². The zero-order valence-electron chi connectivity index (χ0n) is 6.02. The zero-order valence-corrected chi connectivity index (χ0v) is 7.61. The maximum absolute atomic E-state index is 12.1. The van der Waals surface area contributed by atoms with E-state index in [1.165, 1.54) is 6.20 Å². The first-order valence-electron chi connectivity index (χ1n) is 3.18. The second-order valence-electron chi connectivity index (χ2n) is 2.45. The van der Waals surface area contributed by atoms with Gasteiger partial charge >= 0.3 is 6.55 Å². The van der Waals surface area contributed by atoms with Crippen LogP contribution in [-0.2, 0) is 0 Å². The number of alkyl halides is 2. The SMILES string of the molecule is CC1=CC(Br)=CN(C(F)F)C1. The summed E-state index contributed by atoms with van der Waals surface area (Å²) in [6.07, 6.45) is 3.23. The molecule has 1 aliphatic rings. The molecule has 62 valence electrons. The molecule has 4 heteroatoms. The fourth-order valence-electron chi connectivity index (χ4n) is 0.936. The molecule has 0 aromatic heterocycles. The van der Waals surface area contributed by atoms with Crippen molar-refractivity contribution >= 4 is 15.9 Å². The number of nitrogens with zero attached hydrogens (tertiary/aromatic N) is 1. The van der Waals surface area contributed by atoms with Crippen LogP contribution in [0.1, 0.15) is 6.92 Å². The van der Waals surface area contributed by atoms with Crippen molar-refractivity contribution < 1.29 is 8.78 Å². The van der Waals surface area contributed by atoms with E-state index in [1.807, 2.05) is 13.0 Å². The third kappa shape index (κ3) is 2.29. The third-order valence-electron chi connectivity index (χ3n) is 1.36. The van der Waals surface area contributed by atoms with Crippen LogP contribution < -0.4 is 0 Å². The Balaban J connectivity index is 2.71. The molecular formula is C7H8BrF2N. The van der Waals surface area contributed by atoms with Crippen molar-refractivity contribution in [3.8, 4) is 0 Å². The molecule has 0 spiro atoms. The zero-order chi connectivity index (χ0) is 8.43. The van der Waals surface area contributed by atoms with E-state index in [0.717, 1.165) is 10.5 Å². The van der Waals surface area contributed by atoms with Crippen molar-refractivity contribution in [2.75, 3.05) is 6.54 Å². The Morgan fingerprint density at radius 2 is 2.27 bits per heavy atom. The molecule has 11 heavy (non-hydrogen) atoms. The Bertz CT molecular complexity index is 210. The van der Waals surface area contributed by atoms with Crippen LogP contribution in [0.2, 0.25) is 0 Å². The molecule has 0 saturated heterocycles. The summed E-state index contributed by atoms with van der Waals surface area (Å²) in [6, 6.07) is 0. The molecule has 0 bridgehead atoms. The first-order chi connectivity index (χ1) is 5.09. The number of rotatable bonds is 1. The van der Waals surface area contributed by atoms with Crippen LogP contribution >= 0.6 is 15.9 Å². The largest absolute Gasteiger partial charge is 0.317 e. The minimum Gasteiger partial charge on any atom is -0.317 e. The van der Waals surface area contributed by atoms with Gasteiger partial charge in [0, 0.05) is 17.2 Å². The Kier molecular flexibility index (Phi) is 2.65. The van der Waals surface area contributed by atoms with Gasteiger partial charge < -0.3 is 4.90 Å². The summed E-state index contributed by atoms with van der Waals surface area (Å²) in [7, 11) is 0. The Labute approximate surface area is 72.5 Å². The minimum absolute atomic E-state index is 0.312. The van der Waals surface area contributed by atoms with Gasteiger partial charge in [-0.25, -0.2) is 0 Å². The van der Waals surface area contributed by atoms with Gasteiger partial charge in [-0.05, 0) is 28.9 Å². The Hall–Kier alpha value is -0.380. The van der Waals surface area contributed by atoms with Gasteiger partial charge in [0.2, 0.25) is 0 Å². The van der Waals surface area contributed by atoms with Crippen LogP contribution in [0.3, 0.4) is 0 Å². The van der Waals surface area contributed by atoms with E-state index in [-0.39, 0.29) is 0 Å². The third-order valence-corrected chi connectivity index (χ3v) is 1.79. The van der Waals surface area contributed by atoms with E-state index in [0.29, 0.717) is 11.0 Å². The minimum atomic E-state index is -2.41. The molecule has 0 N–H and O–H groups in total. The highest BCUT2D eigenvalue weighted by Gasteiger charge is 2.15. The van der Waals surface area contributed by atoms with Crippen molar-refractivity contribution in [2.24, 2.45) is 0 Å². The van der Waals surface area contributed by atoms with Crippen LogP contribution in [0.25, 0.3) is 0 Å². The van der Waals surface area contributed by atoms with Crippen LogP contribution in [0.5, 0.6) is 0 Å². The van der Waals surface area contributed by atoms with E-state index in [4.69, 9.17) is 0 Å². The topological polar surface area (TPSA) is 3.24 Å². The maximum Gasteiger partial charge on any atom is 0.315 e.